The molecule has 0 aliphatic carbocycles. The third-order valence-electron chi connectivity index (χ3n) is 1.71. The molecule has 0 aromatic carbocycles. The van der Waals surface area contributed by atoms with Gasteiger partial charge in [-0.05, 0) is 0 Å². The van der Waals surface area contributed by atoms with Gasteiger partial charge in [-0.3, -0.25) is 13.8 Å². The van der Waals surface area contributed by atoms with Crippen LogP contribution < -0.4 is 16.8 Å². The maximum absolute atomic E-state index is 11.2. The van der Waals surface area contributed by atoms with E-state index in [-0.39, 0.29) is 6.42 Å². The van der Waals surface area contributed by atoms with Crippen LogP contribution >= 0.6 is 0 Å². The van der Waals surface area contributed by atoms with E-state index >= 15 is 0 Å². The van der Waals surface area contributed by atoms with Crippen molar-refractivity contribution < 1.29 is 13.8 Å². The van der Waals surface area contributed by atoms with Crippen LogP contribution in [-0.4, -0.2) is 40.1 Å². The molecule has 0 radical (unpaired) electrons. The van der Waals surface area contributed by atoms with Crippen molar-refractivity contribution in [1.82, 2.24) is 5.32 Å². The van der Waals surface area contributed by atoms with Gasteiger partial charge >= 0.3 is 0 Å². The largest absolute Gasteiger partial charge is 0.370 e. The highest BCUT2D eigenvalue weighted by Gasteiger charge is 2.15. The summed E-state index contributed by atoms with van der Waals surface area (Å²) in [6.45, 7) is 2.10. The molecule has 0 saturated heterocycles. The van der Waals surface area contributed by atoms with Gasteiger partial charge in [0.25, 0.3) is 0 Å². The first kappa shape index (κ1) is 14.1. The quantitative estimate of drug-likeness (QED) is 0.476. The molecule has 2 atom stereocenters. The van der Waals surface area contributed by atoms with Crippen LogP contribution in [0.3, 0.4) is 0 Å². The van der Waals surface area contributed by atoms with Crippen molar-refractivity contribution in [3.05, 3.63) is 0 Å². The third-order valence-corrected chi connectivity index (χ3v) is 3.01. The van der Waals surface area contributed by atoms with Crippen LogP contribution in [0, 0.1) is 0 Å². The van der Waals surface area contributed by atoms with Gasteiger partial charge in [0.1, 0.15) is 0 Å². The summed E-state index contributed by atoms with van der Waals surface area (Å²) in [5.74, 6) is -0.106. The average Bonchev–Trinajstić information content (AvgIpc) is 2.16. The smallest absolute Gasteiger partial charge is 0.237 e. The first-order valence-corrected chi connectivity index (χ1v) is 6.12. The lowest BCUT2D eigenvalue weighted by Gasteiger charge is -2.09. The fourth-order valence-electron chi connectivity index (χ4n) is 0.873. The Morgan fingerprint density at radius 3 is 2.53 bits per heavy atom. The van der Waals surface area contributed by atoms with Crippen LogP contribution in [0.2, 0.25) is 0 Å². The average molecular weight is 235 g/mol. The highest BCUT2D eigenvalue weighted by molar-refractivity contribution is 7.84. The lowest BCUT2D eigenvalue weighted by atomic mass is 10.2. The van der Waals surface area contributed by atoms with Crippen LogP contribution in [-0.2, 0) is 20.4 Å². The van der Waals surface area contributed by atoms with Crippen molar-refractivity contribution >= 4 is 22.6 Å². The molecule has 0 aliphatic heterocycles. The molecule has 0 bridgehead atoms. The zero-order valence-electron chi connectivity index (χ0n) is 8.69. The number of nitrogens with two attached hydrogens (primary N) is 2. The van der Waals surface area contributed by atoms with Crippen molar-refractivity contribution in [3.8, 4) is 0 Å². The molecule has 88 valence electrons. The summed E-state index contributed by atoms with van der Waals surface area (Å²) in [5.41, 5.74) is 10.3. The highest BCUT2D eigenvalue weighted by Crippen LogP contribution is 1.87. The van der Waals surface area contributed by atoms with E-state index in [2.05, 4.69) is 5.32 Å². The normalized spacial score (nSPS) is 14.3. The molecule has 5 N–H and O–H groups in total. The summed E-state index contributed by atoms with van der Waals surface area (Å²) in [5, 5.41) is 2.49. The van der Waals surface area contributed by atoms with Crippen molar-refractivity contribution in [2.45, 2.75) is 19.4 Å². The zero-order chi connectivity index (χ0) is 11.8. The Hall–Kier alpha value is -0.950. The minimum Gasteiger partial charge on any atom is -0.370 e. The van der Waals surface area contributed by atoms with E-state index in [1.54, 1.807) is 6.92 Å². The van der Waals surface area contributed by atoms with Crippen molar-refractivity contribution in [2.75, 3.05) is 18.1 Å². The summed E-state index contributed by atoms with van der Waals surface area (Å²) < 4.78 is 11.0. The molecule has 7 heteroatoms. The molecule has 0 aliphatic rings. The third kappa shape index (κ3) is 7.03. The SMILES string of the molecule is CCS(=O)CCNC(=O)C(N)CC(N)=O. The predicted molar refractivity (Wildman–Crippen MR) is 58.3 cm³/mol. The number of carbonyl (C=O) groups excluding carboxylic acids is 2. The summed E-state index contributed by atoms with van der Waals surface area (Å²) in [7, 11) is -0.915. The van der Waals surface area contributed by atoms with Gasteiger partial charge in [-0.1, -0.05) is 6.92 Å². The molecule has 0 heterocycles. The second-order valence-corrected chi connectivity index (χ2v) is 4.87. The van der Waals surface area contributed by atoms with Crippen molar-refractivity contribution in [2.24, 2.45) is 11.5 Å². The van der Waals surface area contributed by atoms with Gasteiger partial charge in [-0.15, -0.1) is 0 Å². The van der Waals surface area contributed by atoms with Crippen LogP contribution in [0.4, 0.5) is 0 Å². The Morgan fingerprint density at radius 1 is 1.47 bits per heavy atom. The molecule has 0 rings (SSSR count). The van der Waals surface area contributed by atoms with E-state index in [0.717, 1.165) is 0 Å². The molecule has 0 aromatic heterocycles. The van der Waals surface area contributed by atoms with E-state index in [1.165, 1.54) is 0 Å². The minimum atomic E-state index is -0.919. The number of primary amides is 1. The Morgan fingerprint density at radius 2 is 2.07 bits per heavy atom. The fourth-order valence-corrected chi connectivity index (χ4v) is 1.49. The van der Waals surface area contributed by atoms with Gasteiger partial charge < -0.3 is 16.8 Å². The molecular weight excluding hydrogens is 218 g/mol. The van der Waals surface area contributed by atoms with E-state index in [0.29, 0.717) is 18.1 Å². The molecule has 0 saturated carbocycles. The number of carbonyl (C=O) groups is 2. The van der Waals surface area contributed by atoms with Crippen LogP contribution in [0.15, 0.2) is 0 Å². The topological polar surface area (TPSA) is 115 Å². The number of rotatable bonds is 7. The maximum atomic E-state index is 11.2. The summed E-state index contributed by atoms with van der Waals surface area (Å²) >= 11 is 0. The van der Waals surface area contributed by atoms with Crippen LogP contribution in [0.1, 0.15) is 13.3 Å². The molecule has 6 nitrogen and oxygen atoms in total. The molecule has 15 heavy (non-hydrogen) atoms. The molecular formula is C8H17N3O3S. The Balaban J connectivity index is 3.73. The number of amides is 2. The van der Waals surface area contributed by atoms with Gasteiger partial charge in [0.05, 0.1) is 12.5 Å². The lowest BCUT2D eigenvalue weighted by Crippen LogP contribution is -2.44. The number of hydrogen-bond donors (Lipinski definition) is 3. The van der Waals surface area contributed by atoms with Gasteiger partial charge in [-0.2, -0.15) is 0 Å². The van der Waals surface area contributed by atoms with Crippen LogP contribution in [0.5, 0.6) is 0 Å². The second kappa shape index (κ2) is 7.36. The van der Waals surface area contributed by atoms with Gasteiger partial charge in [0, 0.05) is 28.9 Å². The second-order valence-electron chi connectivity index (χ2n) is 3.00. The molecule has 0 spiro atoms. The summed E-state index contributed by atoms with van der Waals surface area (Å²) in [4.78, 5) is 21.7. The van der Waals surface area contributed by atoms with E-state index in [9.17, 15) is 13.8 Å². The maximum Gasteiger partial charge on any atom is 0.237 e. The van der Waals surface area contributed by atoms with E-state index in [4.69, 9.17) is 11.5 Å². The van der Waals surface area contributed by atoms with Gasteiger partial charge in [0.15, 0.2) is 0 Å². The first-order chi connectivity index (χ1) is 6.97. The van der Waals surface area contributed by atoms with Gasteiger partial charge in [0.2, 0.25) is 11.8 Å². The molecule has 2 amide bonds. The molecule has 0 fully saturated rings. The minimum absolute atomic E-state index is 0.178. The number of nitrogens with one attached hydrogen (secondary N) is 1. The number of hydrogen-bond acceptors (Lipinski definition) is 4. The standard InChI is InChI=1S/C8H17N3O3S/c1-2-15(14)4-3-11-8(13)6(9)5-7(10)12/h6H,2-5,9H2,1H3,(H2,10,12)(H,11,13). The van der Waals surface area contributed by atoms with Crippen molar-refractivity contribution in [3.63, 3.8) is 0 Å². The lowest BCUT2D eigenvalue weighted by molar-refractivity contribution is -0.126. The van der Waals surface area contributed by atoms with Crippen LogP contribution in [0.25, 0.3) is 0 Å². The zero-order valence-corrected chi connectivity index (χ0v) is 9.51. The fraction of sp³-hybridized carbons (Fsp3) is 0.750. The first-order valence-electron chi connectivity index (χ1n) is 4.64. The highest BCUT2D eigenvalue weighted by atomic mass is 32.2. The van der Waals surface area contributed by atoms with E-state index < -0.39 is 28.7 Å². The molecule has 0 aromatic rings. The van der Waals surface area contributed by atoms with Gasteiger partial charge in [-0.25, -0.2) is 0 Å². The van der Waals surface area contributed by atoms with E-state index in [1.807, 2.05) is 0 Å². The Bertz CT molecular complexity index is 258. The Kier molecular flexibility index (Phi) is 6.89. The Labute approximate surface area is 91.2 Å². The van der Waals surface area contributed by atoms with Crippen molar-refractivity contribution in [1.29, 1.82) is 0 Å². The summed E-state index contributed by atoms with van der Waals surface area (Å²) in [6, 6.07) is -0.919. The summed E-state index contributed by atoms with van der Waals surface area (Å²) in [6.07, 6.45) is -0.178. The molecule has 2 unspecified atom stereocenters. The monoisotopic (exact) mass is 235 g/mol. The predicted octanol–water partition coefficient (Wildman–Crippen LogP) is -1.93.